The first kappa shape index (κ1) is 9.04. The van der Waals surface area contributed by atoms with Crippen LogP contribution in [-0.2, 0) is 4.79 Å². The first-order valence-electron chi connectivity index (χ1n) is 5.43. The third-order valence-electron chi connectivity index (χ3n) is 3.65. The van der Waals surface area contributed by atoms with Crippen LogP contribution in [0.4, 0.5) is 0 Å². The van der Waals surface area contributed by atoms with Gasteiger partial charge in [-0.15, -0.1) is 0 Å². The normalized spacial score (nSPS) is 37.0. The van der Waals surface area contributed by atoms with Gasteiger partial charge >= 0.3 is 0 Å². The predicted octanol–water partition coefficient (Wildman–Crippen LogP) is 2.09. The molecule has 0 aromatic heterocycles. The lowest BCUT2D eigenvalue weighted by Gasteiger charge is -2.28. The summed E-state index contributed by atoms with van der Waals surface area (Å²) in [6.45, 7) is 3.93. The van der Waals surface area contributed by atoms with Gasteiger partial charge in [0.2, 0.25) is 5.91 Å². The SMILES string of the molecule is CC(C)C(=O)NC12CCC(CC1)C2. The van der Waals surface area contributed by atoms with E-state index in [9.17, 15) is 4.79 Å². The summed E-state index contributed by atoms with van der Waals surface area (Å²) in [7, 11) is 0. The van der Waals surface area contributed by atoms with Gasteiger partial charge in [0.15, 0.2) is 0 Å². The maximum Gasteiger partial charge on any atom is 0.222 e. The molecule has 0 unspecified atom stereocenters. The molecule has 2 saturated carbocycles. The number of nitrogens with one attached hydrogen (secondary N) is 1. The quantitative estimate of drug-likeness (QED) is 0.694. The maximum atomic E-state index is 11.6. The number of hydrogen-bond acceptors (Lipinski definition) is 1. The first-order chi connectivity index (χ1) is 6.11. The minimum atomic E-state index is 0.133. The Hall–Kier alpha value is -0.530. The highest BCUT2D eigenvalue weighted by atomic mass is 16.2. The smallest absolute Gasteiger partial charge is 0.222 e. The first-order valence-corrected chi connectivity index (χ1v) is 5.43. The molecule has 0 aromatic carbocycles. The van der Waals surface area contributed by atoms with Crippen LogP contribution in [0.3, 0.4) is 0 Å². The second-order valence-electron chi connectivity index (χ2n) is 5.07. The summed E-state index contributed by atoms with van der Waals surface area (Å²) in [6, 6.07) is 0. The van der Waals surface area contributed by atoms with Gasteiger partial charge < -0.3 is 5.32 Å². The number of rotatable bonds is 2. The van der Waals surface area contributed by atoms with E-state index in [1.807, 2.05) is 13.8 Å². The number of fused-ring (bicyclic) bond motifs is 2. The molecule has 0 saturated heterocycles. The van der Waals surface area contributed by atoms with Gasteiger partial charge in [-0.1, -0.05) is 13.8 Å². The fourth-order valence-electron chi connectivity index (χ4n) is 2.77. The molecule has 13 heavy (non-hydrogen) atoms. The minimum absolute atomic E-state index is 0.133. The number of carbonyl (C=O) groups excluding carboxylic acids is 1. The van der Waals surface area contributed by atoms with Crippen molar-refractivity contribution in [3.8, 4) is 0 Å². The van der Waals surface area contributed by atoms with Crippen LogP contribution in [0, 0.1) is 11.8 Å². The van der Waals surface area contributed by atoms with Gasteiger partial charge in [0, 0.05) is 11.5 Å². The van der Waals surface area contributed by atoms with Crippen molar-refractivity contribution in [2.75, 3.05) is 0 Å². The van der Waals surface area contributed by atoms with Crippen molar-refractivity contribution in [2.45, 2.75) is 51.5 Å². The Morgan fingerprint density at radius 1 is 1.38 bits per heavy atom. The standard InChI is InChI=1S/C11H19NO/c1-8(2)10(13)12-11-5-3-9(7-11)4-6-11/h8-9H,3-7H2,1-2H3,(H,12,13). The van der Waals surface area contributed by atoms with E-state index in [-0.39, 0.29) is 17.4 Å². The summed E-state index contributed by atoms with van der Waals surface area (Å²) in [4.78, 5) is 11.6. The summed E-state index contributed by atoms with van der Waals surface area (Å²) >= 11 is 0. The van der Waals surface area contributed by atoms with Crippen molar-refractivity contribution in [3.05, 3.63) is 0 Å². The zero-order valence-electron chi connectivity index (χ0n) is 8.60. The van der Waals surface area contributed by atoms with Crippen LogP contribution in [0.5, 0.6) is 0 Å². The van der Waals surface area contributed by atoms with Crippen LogP contribution in [0.15, 0.2) is 0 Å². The van der Waals surface area contributed by atoms with Crippen LogP contribution in [-0.4, -0.2) is 11.4 Å². The number of hydrogen-bond donors (Lipinski definition) is 1. The Morgan fingerprint density at radius 3 is 2.38 bits per heavy atom. The molecule has 2 aliphatic rings. The van der Waals surface area contributed by atoms with E-state index in [4.69, 9.17) is 0 Å². The molecule has 0 spiro atoms. The summed E-state index contributed by atoms with van der Waals surface area (Å²) in [5.74, 6) is 1.28. The van der Waals surface area contributed by atoms with Crippen LogP contribution in [0.25, 0.3) is 0 Å². The fraction of sp³-hybridized carbons (Fsp3) is 0.909. The predicted molar refractivity (Wildman–Crippen MR) is 52.3 cm³/mol. The van der Waals surface area contributed by atoms with Gasteiger partial charge in [0.1, 0.15) is 0 Å². The third kappa shape index (κ3) is 1.59. The van der Waals surface area contributed by atoms with Crippen molar-refractivity contribution in [1.82, 2.24) is 5.32 Å². The molecular weight excluding hydrogens is 162 g/mol. The molecule has 2 bridgehead atoms. The molecule has 2 aliphatic carbocycles. The molecule has 0 aliphatic heterocycles. The molecule has 2 fully saturated rings. The molecule has 2 heteroatoms. The van der Waals surface area contributed by atoms with E-state index < -0.39 is 0 Å². The average molecular weight is 181 g/mol. The number of amides is 1. The average Bonchev–Trinajstić information content (AvgIpc) is 2.62. The largest absolute Gasteiger partial charge is 0.350 e. The minimum Gasteiger partial charge on any atom is -0.350 e. The van der Waals surface area contributed by atoms with Crippen molar-refractivity contribution < 1.29 is 4.79 Å². The monoisotopic (exact) mass is 181 g/mol. The van der Waals surface area contributed by atoms with E-state index in [1.54, 1.807) is 0 Å². The van der Waals surface area contributed by atoms with E-state index in [0.717, 1.165) is 5.92 Å². The van der Waals surface area contributed by atoms with Crippen LogP contribution < -0.4 is 5.32 Å². The van der Waals surface area contributed by atoms with Gasteiger partial charge in [-0.2, -0.15) is 0 Å². The Morgan fingerprint density at radius 2 is 2.00 bits per heavy atom. The third-order valence-corrected chi connectivity index (χ3v) is 3.65. The highest BCUT2D eigenvalue weighted by Crippen LogP contribution is 2.47. The molecule has 2 rings (SSSR count). The highest BCUT2D eigenvalue weighted by molar-refractivity contribution is 5.78. The maximum absolute atomic E-state index is 11.6. The van der Waals surface area contributed by atoms with E-state index in [0.29, 0.717) is 0 Å². The summed E-state index contributed by atoms with van der Waals surface area (Å²) in [6.07, 6.45) is 6.34. The zero-order chi connectivity index (χ0) is 9.47. The van der Waals surface area contributed by atoms with E-state index in [2.05, 4.69) is 5.32 Å². The molecular formula is C11H19NO. The lowest BCUT2D eigenvalue weighted by Crippen LogP contribution is -2.46. The molecule has 0 heterocycles. The van der Waals surface area contributed by atoms with Crippen LogP contribution in [0.1, 0.15) is 46.0 Å². The topological polar surface area (TPSA) is 29.1 Å². The Balaban J connectivity index is 1.97. The Bertz CT molecular complexity index is 214. The van der Waals surface area contributed by atoms with Crippen molar-refractivity contribution in [3.63, 3.8) is 0 Å². The molecule has 0 atom stereocenters. The molecule has 0 aromatic rings. The molecule has 2 nitrogen and oxygen atoms in total. The van der Waals surface area contributed by atoms with E-state index in [1.165, 1.54) is 32.1 Å². The Kier molecular flexibility index (Phi) is 2.09. The van der Waals surface area contributed by atoms with Crippen LogP contribution >= 0.6 is 0 Å². The molecule has 74 valence electrons. The van der Waals surface area contributed by atoms with Gasteiger partial charge in [0.05, 0.1) is 0 Å². The lowest BCUT2D eigenvalue weighted by molar-refractivity contribution is -0.125. The molecule has 1 N–H and O–H groups in total. The second kappa shape index (κ2) is 3.00. The summed E-state index contributed by atoms with van der Waals surface area (Å²) in [5.41, 5.74) is 0.214. The Labute approximate surface area is 80.1 Å². The van der Waals surface area contributed by atoms with Crippen molar-refractivity contribution in [2.24, 2.45) is 11.8 Å². The van der Waals surface area contributed by atoms with Crippen molar-refractivity contribution in [1.29, 1.82) is 0 Å². The lowest BCUT2D eigenvalue weighted by atomic mass is 9.93. The zero-order valence-corrected chi connectivity index (χ0v) is 8.60. The fourth-order valence-corrected chi connectivity index (χ4v) is 2.77. The van der Waals surface area contributed by atoms with Crippen LogP contribution in [0.2, 0.25) is 0 Å². The van der Waals surface area contributed by atoms with Gasteiger partial charge in [0.25, 0.3) is 0 Å². The summed E-state index contributed by atoms with van der Waals surface area (Å²) < 4.78 is 0. The van der Waals surface area contributed by atoms with Crippen molar-refractivity contribution >= 4 is 5.91 Å². The second-order valence-corrected chi connectivity index (χ2v) is 5.07. The molecule has 1 amide bonds. The van der Waals surface area contributed by atoms with E-state index >= 15 is 0 Å². The van der Waals surface area contributed by atoms with Gasteiger partial charge in [-0.3, -0.25) is 4.79 Å². The molecule has 0 radical (unpaired) electrons. The van der Waals surface area contributed by atoms with Gasteiger partial charge in [-0.25, -0.2) is 0 Å². The van der Waals surface area contributed by atoms with Gasteiger partial charge in [-0.05, 0) is 38.0 Å². The highest BCUT2D eigenvalue weighted by Gasteiger charge is 2.45. The number of carbonyl (C=O) groups is 1. The summed E-state index contributed by atoms with van der Waals surface area (Å²) in [5, 5.41) is 3.24.